The van der Waals surface area contributed by atoms with E-state index in [1.807, 2.05) is 24.4 Å². The average Bonchev–Trinajstić information content (AvgIpc) is 3.06. The van der Waals surface area contributed by atoms with Gasteiger partial charge in [0.2, 0.25) is 0 Å². The zero-order chi connectivity index (χ0) is 15.9. The average molecular weight is 308 g/mol. The molecule has 23 heavy (non-hydrogen) atoms. The first kappa shape index (κ1) is 15.5. The molecule has 0 amide bonds. The lowest BCUT2D eigenvalue weighted by molar-refractivity contribution is 0.784. The molecule has 1 aliphatic carbocycles. The van der Waals surface area contributed by atoms with Crippen molar-refractivity contribution in [2.24, 2.45) is 4.99 Å². The Morgan fingerprint density at radius 3 is 2.87 bits per heavy atom. The van der Waals surface area contributed by atoms with Gasteiger partial charge in [-0.3, -0.25) is 9.98 Å². The Bertz CT molecular complexity index is 664. The Kier molecular flexibility index (Phi) is 5.25. The number of nitrogens with zero attached hydrogens (tertiary/aromatic N) is 2. The Hall–Kier alpha value is -2.36. The first-order chi connectivity index (χ1) is 11.3. The normalized spacial score (nSPS) is 13.7. The zero-order valence-electron chi connectivity index (χ0n) is 13.7. The second-order valence-electron chi connectivity index (χ2n) is 5.88. The van der Waals surface area contributed by atoms with Crippen molar-refractivity contribution < 1.29 is 0 Å². The van der Waals surface area contributed by atoms with Crippen LogP contribution < -0.4 is 10.6 Å². The molecule has 0 saturated heterocycles. The van der Waals surface area contributed by atoms with Gasteiger partial charge in [-0.2, -0.15) is 0 Å². The van der Waals surface area contributed by atoms with E-state index in [1.54, 1.807) is 7.05 Å². The van der Waals surface area contributed by atoms with Gasteiger partial charge in [-0.1, -0.05) is 24.3 Å². The van der Waals surface area contributed by atoms with Crippen molar-refractivity contribution in [1.82, 2.24) is 15.6 Å². The summed E-state index contributed by atoms with van der Waals surface area (Å²) in [6.07, 6.45) is 6.47. The van der Waals surface area contributed by atoms with Crippen molar-refractivity contribution in [3.63, 3.8) is 0 Å². The summed E-state index contributed by atoms with van der Waals surface area (Å²) in [4.78, 5) is 8.61. The van der Waals surface area contributed by atoms with E-state index >= 15 is 0 Å². The molecule has 4 nitrogen and oxygen atoms in total. The van der Waals surface area contributed by atoms with Crippen LogP contribution in [-0.2, 0) is 25.8 Å². The van der Waals surface area contributed by atoms with Gasteiger partial charge in [0, 0.05) is 38.4 Å². The number of pyridine rings is 1. The van der Waals surface area contributed by atoms with Crippen LogP contribution in [0.3, 0.4) is 0 Å². The monoisotopic (exact) mass is 308 g/mol. The standard InChI is InChI=1S/C19H24N4/c1-20-19(22-12-10-18-7-2-3-11-21-18)23-14-15-8-9-16-5-4-6-17(16)13-15/h2-3,7-9,11,13H,4-6,10,12,14H2,1H3,(H2,20,22,23). The number of hydrogen-bond donors (Lipinski definition) is 2. The summed E-state index contributed by atoms with van der Waals surface area (Å²) in [5, 5.41) is 6.72. The Balaban J connectivity index is 1.46. The molecule has 0 atom stereocenters. The van der Waals surface area contributed by atoms with Crippen LogP contribution >= 0.6 is 0 Å². The van der Waals surface area contributed by atoms with Gasteiger partial charge >= 0.3 is 0 Å². The summed E-state index contributed by atoms with van der Waals surface area (Å²) in [6.45, 7) is 1.62. The lowest BCUT2D eigenvalue weighted by Crippen LogP contribution is -2.37. The number of benzene rings is 1. The SMILES string of the molecule is CN=C(NCCc1ccccn1)NCc1ccc2c(c1)CCC2. The minimum absolute atomic E-state index is 0.802. The van der Waals surface area contributed by atoms with E-state index in [0.717, 1.165) is 31.2 Å². The van der Waals surface area contributed by atoms with E-state index in [2.05, 4.69) is 38.8 Å². The van der Waals surface area contributed by atoms with Crippen molar-refractivity contribution in [2.45, 2.75) is 32.2 Å². The lowest BCUT2D eigenvalue weighted by Gasteiger charge is -2.12. The number of aromatic nitrogens is 1. The third-order valence-corrected chi connectivity index (χ3v) is 4.25. The smallest absolute Gasteiger partial charge is 0.191 e. The highest BCUT2D eigenvalue weighted by atomic mass is 15.2. The highest BCUT2D eigenvalue weighted by Crippen LogP contribution is 2.22. The van der Waals surface area contributed by atoms with Gasteiger partial charge in [-0.25, -0.2) is 0 Å². The molecule has 120 valence electrons. The van der Waals surface area contributed by atoms with Gasteiger partial charge in [0.05, 0.1) is 0 Å². The van der Waals surface area contributed by atoms with E-state index < -0.39 is 0 Å². The van der Waals surface area contributed by atoms with Crippen molar-refractivity contribution >= 4 is 5.96 Å². The van der Waals surface area contributed by atoms with Gasteiger partial charge in [0.1, 0.15) is 0 Å². The first-order valence-corrected chi connectivity index (χ1v) is 8.30. The number of fused-ring (bicyclic) bond motifs is 1. The third kappa shape index (κ3) is 4.31. The largest absolute Gasteiger partial charge is 0.356 e. The molecule has 0 fully saturated rings. The maximum atomic E-state index is 4.33. The summed E-state index contributed by atoms with van der Waals surface area (Å²) in [6, 6.07) is 12.8. The van der Waals surface area contributed by atoms with Crippen LogP contribution in [0.25, 0.3) is 0 Å². The molecule has 1 aliphatic rings. The summed E-state index contributed by atoms with van der Waals surface area (Å²) in [5.41, 5.74) is 5.45. The van der Waals surface area contributed by atoms with Crippen LogP contribution in [0.15, 0.2) is 47.6 Å². The molecule has 0 bridgehead atoms. The fraction of sp³-hybridized carbons (Fsp3) is 0.368. The molecule has 3 rings (SSSR count). The number of hydrogen-bond acceptors (Lipinski definition) is 2. The van der Waals surface area contributed by atoms with Crippen molar-refractivity contribution in [1.29, 1.82) is 0 Å². The second-order valence-corrected chi connectivity index (χ2v) is 5.88. The fourth-order valence-corrected chi connectivity index (χ4v) is 3.00. The topological polar surface area (TPSA) is 49.3 Å². The summed E-state index contributed by atoms with van der Waals surface area (Å²) < 4.78 is 0. The molecule has 0 unspecified atom stereocenters. The molecular weight excluding hydrogens is 284 g/mol. The van der Waals surface area contributed by atoms with Gasteiger partial charge in [0.25, 0.3) is 0 Å². The minimum Gasteiger partial charge on any atom is -0.356 e. The van der Waals surface area contributed by atoms with Crippen LogP contribution in [0.4, 0.5) is 0 Å². The molecule has 1 aromatic heterocycles. The van der Waals surface area contributed by atoms with E-state index in [-0.39, 0.29) is 0 Å². The number of guanidine groups is 1. The number of aliphatic imine (C=N–C) groups is 1. The highest BCUT2D eigenvalue weighted by molar-refractivity contribution is 5.79. The van der Waals surface area contributed by atoms with Crippen molar-refractivity contribution in [3.05, 3.63) is 65.0 Å². The summed E-state index contributed by atoms with van der Waals surface area (Å²) >= 11 is 0. The van der Waals surface area contributed by atoms with Crippen LogP contribution in [0.1, 0.15) is 28.8 Å². The Morgan fingerprint density at radius 1 is 1.13 bits per heavy atom. The molecule has 2 aromatic rings. The Labute approximate surface area is 138 Å². The van der Waals surface area contributed by atoms with Crippen molar-refractivity contribution in [2.75, 3.05) is 13.6 Å². The minimum atomic E-state index is 0.802. The van der Waals surface area contributed by atoms with Gasteiger partial charge in [-0.15, -0.1) is 0 Å². The van der Waals surface area contributed by atoms with Gasteiger partial charge in [0.15, 0.2) is 5.96 Å². The molecule has 2 N–H and O–H groups in total. The molecule has 0 radical (unpaired) electrons. The zero-order valence-corrected chi connectivity index (χ0v) is 13.7. The molecule has 4 heteroatoms. The van der Waals surface area contributed by atoms with E-state index in [9.17, 15) is 0 Å². The maximum Gasteiger partial charge on any atom is 0.191 e. The molecular formula is C19H24N4. The molecule has 1 heterocycles. The number of rotatable bonds is 5. The first-order valence-electron chi connectivity index (χ1n) is 8.30. The van der Waals surface area contributed by atoms with Gasteiger partial charge < -0.3 is 10.6 Å². The maximum absolute atomic E-state index is 4.33. The van der Waals surface area contributed by atoms with E-state index in [4.69, 9.17) is 0 Å². The van der Waals surface area contributed by atoms with Crippen LogP contribution in [0, 0.1) is 0 Å². The molecule has 1 aromatic carbocycles. The van der Waals surface area contributed by atoms with Crippen LogP contribution in [0.5, 0.6) is 0 Å². The molecule has 0 saturated carbocycles. The molecule has 0 aliphatic heterocycles. The lowest BCUT2D eigenvalue weighted by atomic mass is 10.1. The third-order valence-electron chi connectivity index (χ3n) is 4.25. The predicted octanol–water partition coefficient (Wildman–Crippen LogP) is 2.48. The highest BCUT2D eigenvalue weighted by Gasteiger charge is 2.10. The second kappa shape index (κ2) is 7.77. The fourth-order valence-electron chi connectivity index (χ4n) is 3.00. The van der Waals surface area contributed by atoms with Crippen molar-refractivity contribution in [3.8, 4) is 0 Å². The van der Waals surface area contributed by atoms with Gasteiger partial charge in [-0.05, 0) is 48.1 Å². The van der Waals surface area contributed by atoms with E-state index in [0.29, 0.717) is 0 Å². The number of aryl methyl sites for hydroxylation is 2. The van der Waals surface area contributed by atoms with Crippen LogP contribution in [-0.4, -0.2) is 24.5 Å². The molecule has 0 spiro atoms. The predicted molar refractivity (Wildman–Crippen MR) is 94.6 cm³/mol. The summed E-state index contributed by atoms with van der Waals surface area (Å²) in [7, 11) is 1.80. The Morgan fingerprint density at radius 2 is 2.04 bits per heavy atom. The van der Waals surface area contributed by atoms with E-state index in [1.165, 1.54) is 36.0 Å². The number of nitrogens with one attached hydrogen (secondary N) is 2. The van der Waals surface area contributed by atoms with Crippen LogP contribution in [0.2, 0.25) is 0 Å². The summed E-state index contributed by atoms with van der Waals surface area (Å²) in [5.74, 6) is 0.835. The quantitative estimate of drug-likeness (QED) is 0.659.